The normalized spacial score (nSPS) is 15.1. The second-order valence-corrected chi connectivity index (χ2v) is 8.03. The van der Waals surface area contributed by atoms with Crippen molar-refractivity contribution < 1.29 is 13.2 Å². The van der Waals surface area contributed by atoms with E-state index in [4.69, 9.17) is 0 Å². The molecule has 136 valence electrons. The molecule has 1 aliphatic rings. The lowest BCUT2D eigenvalue weighted by Crippen LogP contribution is -2.37. The molecule has 3 heterocycles. The zero-order valence-electron chi connectivity index (χ0n) is 14.3. The van der Waals surface area contributed by atoms with Crippen molar-refractivity contribution >= 4 is 15.9 Å². The number of aryl methyl sites for hydroxylation is 1. The third kappa shape index (κ3) is 4.07. The van der Waals surface area contributed by atoms with E-state index in [1.807, 2.05) is 17.6 Å². The molecule has 1 aliphatic heterocycles. The van der Waals surface area contributed by atoms with Crippen molar-refractivity contribution in [3.05, 3.63) is 35.7 Å². The van der Waals surface area contributed by atoms with Crippen LogP contribution >= 0.6 is 0 Å². The van der Waals surface area contributed by atoms with Crippen LogP contribution in [0.4, 0.5) is 0 Å². The average molecular weight is 366 g/mol. The molecule has 1 N–H and O–H groups in total. The monoisotopic (exact) mass is 366 g/mol. The van der Waals surface area contributed by atoms with E-state index in [-0.39, 0.29) is 12.5 Å². The van der Waals surface area contributed by atoms with Crippen molar-refractivity contribution in [3.8, 4) is 0 Å². The molecule has 10 heteroatoms. The number of amides is 1. The third-order valence-electron chi connectivity index (χ3n) is 4.18. The van der Waals surface area contributed by atoms with E-state index in [1.165, 1.54) is 10.6 Å². The van der Waals surface area contributed by atoms with Gasteiger partial charge in [-0.1, -0.05) is 6.92 Å². The maximum absolute atomic E-state index is 12.1. The molecule has 0 saturated carbocycles. The lowest BCUT2D eigenvalue weighted by molar-refractivity contribution is -0.121. The Bertz CT molecular complexity index is 870. The number of fused-ring (bicyclic) bond motifs is 1. The highest BCUT2D eigenvalue weighted by molar-refractivity contribution is 7.88. The molecule has 9 nitrogen and oxygen atoms in total. The van der Waals surface area contributed by atoms with Crippen LogP contribution in [0.2, 0.25) is 0 Å². The highest BCUT2D eigenvalue weighted by Crippen LogP contribution is 2.16. The lowest BCUT2D eigenvalue weighted by atomic mass is 10.3. The molecule has 1 amide bonds. The number of nitrogens with zero attached hydrogens (tertiary/aromatic N) is 5. The van der Waals surface area contributed by atoms with Crippen LogP contribution in [0.25, 0.3) is 0 Å². The van der Waals surface area contributed by atoms with Gasteiger partial charge in [0.1, 0.15) is 12.4 Å². The Kier molecular flexibility index (Phi) is 4.91. The second kappa shape index (κ2) is 6.96. The van der Waals surface area contributed by atoms with Crippen molar-refractivity contribution in [1.82, 2.24) is 29.0 Å². The molecular formula is C15H22N6O3S. The van der Waals surface area contributed by atoms with Gasteiger partial charge < -0.3 is 9.88 Å². The molecule has 3 rings (SSSR count). The van der Waals surface area contributed by atoms with Crippen molar-refractivity contribution in [2.24, 2.45) is 0 Å². The van der Waals surface area contributed by atoms with Gasteiger partial charge in [-0.15, -0.1) is 0 Å². The van der Waals surface area contributed by atoms with Crippen LogP contribution in [0.5, 0.6) is 0 Å². The number of hydrogen-bond acceptors (Lipinski definition) is 5. The SMILES string of the molecule is CCc1nccn1CC(=O)NCc1cc2n(n1)CCN(S(C)(=O)=O)C2. The largest absolute Gasteiger partial charge is 0.349 e. The zero-order valence-corrected chi connectivity index (χ0v) is 15.2. The minimum Gasteiger partial charge on any atom is -0.349 e. The van der Waals surface area contributed by atoms with E-state index in [2.05, 4.69) is 15.4 Å². The van der Waals surface area contributed by atoms with Crippen LogP contribution in [0.15, 0.2) is 18.5 Å². The number of carbonyl (C=O) groups is 1. The number of sulfonamides is 1. The van der Waals surface area contributed by atoms with Gasteiger partial charge in [0.2, 0.25) is 15.9 Å². The maximum atomic E-state index is 12.1. The standard InChI is InChI=1S/C15H22N6O3S/c1-3-14-16-4-5-19(14)11-15(22)17-9-12-8-13-10-20(25(2,23)24)6-7-21(13)18-12/h4-5,8H,3,6-7,9-11H2,1-2H3,(H,17,22). The quantitative estimate of drug-likeness (QED) is 0.758. The van der Waals surface area contributed by atoms with Gasteiger partial charge in [0, 0.05) is 25.4 Å². The summed E-state index contributed by atoms with van der Waals surface area (Å²) in [4.78, 5) is 16.3. The van der Waals surface area contributed by atoms with Crippen molar-refractivity contribution in [2.45, 2.75) is 39.5 Å². The van der Waals surface area contributed by atoms with Crippen LogP contribution in [0.1, 0.15) is 24.1 Å². The van der Waals surface area contributed by atoms with Crippen LogP contribution in [0.3, 0.4) is 0 Å². The Morgan fingerprint density at radius 1 is 1.36 bits per heavy atom. The zero-order chi connectivity index (χ0) is 18.0. The molecule has 0 radical (unpaired) electrons. The molecule has 0 spiro atoms. The first-order valence-corrected chi connectivity index (χ1v) is 9.99. The number of hydrogen-bond donors (Lipinski definition) is 1. The fourth-order valence-corrected chi connectivity index (χ4v) is 3.65. The Morgan fingerprint density at radius 2 is 2.16 bits per heavy atom. The van der Waals surface area contributed by atoms with E-state index in [1.54, 1.807) is 17.1 Å². The molecule has 25 heavy (non-hydrogen) atoms. The molecule has 0 aliphatic carbocycles. The third-order valence-corrected chi connectivity index (χ3v) is 5.43. The van der Waals surface area contributed by atoms with Crippen LogP contribution < -0.4 is 5.32 Å². The van der Waals surface area contributed by atoms with E-state index >= 15 is 0 Å². The summed E-state index contributed by atoms with van der Waals surface area (Å²) in [5.41, 5.74) is 1.56. The first kappa shape index (κ1) is 17.6. The number of nitrogens with one attached hydrogen (secondary N) is 1. The molecule has 0 saturated heterocycles. The first-order chi connectivity index (χ1) is 11.9. The number of aromatic nitrogens is 4. The average Bonchev–Trinajstić information content (AvgIpc) is 3.16. The fourth-order valence-electron chi connectivity index (χ4n) is 2.87. The Morgan fingerprint density at radius 3 is 2.88 bits per heavy atom. The Hall–Kier alpha value is -2.20. The molecule has 0 atom stereocenters. The summed E-state index contributed by atoms with van der Waals surface area (Å²) in [6.07, 6.45) is 5.45. The topological polar surface area (TPSA) is 102 Å². The minimum atomic E-state index is -3.21. The van der Waals surface area contributed by atoms with Gasteiger partial charge in [0.15, 0.2) is 0 Å². The number of carbonyl (C=O) groups excluding carboxylic acids is 1. The maximum Gasteiger partial charge on any atom is 0.240 e. The number of imidazole rings is 1. The highest BCUT2D eigenvalue weighted by Gasteiger charge is 2.24. The molecule has 2 aromatic rings. The summed E-state index contributed by atoms with van der Waals surface area (Å²) in [5, 5.41) is 7.28. The van der Waals surface area contributed by atoms with Gasteiger partial charge in [0.05, 0.1) is 37.3 Å². The Labute approximate surface area is 146 Å². The molecule has 0 bridgehead atoms. The smallest absolute Gasteiger partial charge is 0.240 e. The van der Waals surface area contributed by atoms with Gasteiger partial charge in [0.25, 0.3) is 0 Å². The summed E-state index contributed by atoms with van der Waals surface area (Å²) in [6.45, 7) is 3.78. The minimum absolute atomic E-state index is 0.114. The van der Waals surface area contributed by atoms with Crippen molar-refractivity contribution in [1.29, 1.82) is 0 Å². The molecule has 0 fully saturated rings. The van der Waals surface area contributed by atoms with Crippen LogP contribution in [-0.4, -0.2) is 50.8 Å². The second-order valence-electron chi connectivity index (χ2n) is 6.05. The Balaban J connectivity index is 1.58. The first-order valence-electron chi connectivity index (χ1n) is 8.14. The fraction of sp³-hybridized carbons (Fsp3) is 0.533. The molecule has 2 aromatic heterocycles. The lowest BCUT2D eigenvalue weighted by Gasteiger charge is -2.25. The summed E-state index contributed by atoms with van der Waals surface area (Å²) in [7, 11) is -3.21. The van der Waals surface area contributed by atoms with E-state index in [0.717, 1.165) is 23.6 Å². The van der Waals surface area contributed by atoms with Crippen molar-refractivity contribution in [3.63, 3.8) is 0 Å². The van der Waals surface area contributed by atoms with Gasteiger partial charge in [-0.2, -0.15) is 9.40 Å². The molecular weight excluding hydrogens is 344 g/mol. The van der Waals surface area contributed by atoms with E-state index in [0.29, 0.717) is 26.2 Å². The molecule has 0 aromatic carbocycles. The van der Waals surface area contributed by atoms with Gasteiger partial charge in [-0.3, -0.25) is 9.48 Å². The predicted molar refractivity (Wildman–Crippen MR) is 90.9 cm³/mol. The highest BCUT2D eigenvalue weighted by atomic mass is 32.2. The summed E-state index contributed by atoms with van der Waals surface area (Å²) in [6, 6.07) is 1.84. The summed E-state index contributed by atoms with van der Waals surface area (Å²) >= 11 is 0. The number of rotatable bonds is 6. The van der Waals surface area contributed by atoms with Crippen LogP contribution in [0, 0.1) is 0 Å². The van der Waals surface area contributed by atoms with Gasteiger partial charge in [-0.25, -0.2) is 13.4 Å². The van der Waals surface area contributed by atoms with Crippen LogP contribution in [-0.2, 0) is 47.4 Å². The summed E-state index contributed by atoms with van der Waals surface area (Å²) in [5.74, 6) is 0.755. The van der Waals surface area contributed by atoms with E-state index < -0.39 is 10.0 Å². The van der Waals surface area contributed by atoms with Gasteiger partial charge in [-0.05, 0) is 6.07 Å². The summed E-state index contributed by atoms with van der Waals surface area (Å²) < 4.78 is 28.4. The van der Waals surface area contributed by atoms with Gasteiger partial charge >= 0.3 is 0 Å². The molecule has 0 unspecified atom stereocenters. The van der Waals surface area contributed by atoms with Crippen molar-refractivity contribution in [2.75, 3.05) is 12.8 Å². The van der Waals surface area contributed by atoms with E-state index in [9.17, 15) is 13.2 Å². The predicted octanol–water partition coefficient (Wildman–Crippen LogP) is -0.266.